The van der Waals surface area contributed by atoms with Gasteiger partial charge >= 0.3 is 0 Å². The van der Waals surface area contributed by atoms with Gasteiger partial charge in [0.25, 0.3) is 0 Å². The van der Waals surface area contributed by atoms with E-state index in [1.54, 1.807) is 6.08 Å². The lowest BCUT2D eigenvalue weighted by molar-refractivity contribution is -0.123. The van der Waals surface area contributed by atoms with Gasteiger partial charge in [0.1, 0.15) is 12.2 Å². The Morgan fingerprint density at radius 2 is 1.38 bits per heavy atom. The van der Waals surface area contributed by atoms with Crippen LogP contribution in [-0.2, 0) is 18.4 Å². The lowest BCUT2D eigenvalue weighted by Crippen LogP contribution is -2.54. The Hall–Kier alpha value is -0.276. The molecule has 29 heavy (non-hydrogen) atoms. The molecule has 4 nitrogen and oxygen atoms in total. The van der Waals surface area contributed by atoms with Crippen LogP contribution in [0, 0.1) is 5.92 Å². The lowest BCUT2D eigenvalue weighted by Gasteiger charge is -2.44. The van der Waals surface area contributed by atoms with Gasteiger partial charge in [-0.3, -0.25) is 4.79 Å². The van der Waals surface area contributed by atoms with Crippen molar-refractivity contribution in [3.8, 4) is 0 Å². The van der Waals surface area contributed by atoms with E-state index < -0.39 is 16.6 Å². The van der Waals surface area contributed by atoms with Gasteiger partial charge in [-0.2, -0.15) is 0 Å². The van der Waals surface area contributed by atoms with Crippen molar-refractivity contribution in [3.63, 3.8) is 0 Å². The molecule has 0 amide bonds. The van der Waals surface area contributed by atoms with Crippen molar-refractivity contribution in [3.05, 3.63) is 11.6 Å². The molecule has 168 valence electrons. The van der Waals surface area contributed by atoms with Crippen LogP contribution in [0.4, 0.5) is 0 Å². The lowest BCUT2D eigenvalue weighted by atomic mass is 9.81. The van der Waals surface area contributed by atoms with Crippen LogP contribution in [0.15, 0.2) is 11.6 Å². The summed E-state index contributed by atoms with van der Waals surface area (Å²) in [6.07, 6.45) is 2.33. The van der Waals surface area contributed by atoms with Crippen molar-refractivity contribution in [2.45, 2.75) is 122 Å². The monoisotopic (exact) mass is 440 g/mol. The predicted octanol–water partition coefficient (Wildman–Crippen LogP) is 6.09. The van der Waals surface area contributed by atoms with Crippen molar-refractivity contribution in [1.82, 2.24) is 0 Å². The third-order valence-electron chi connectivity index (χ3n) is 7.42. The maximum absolute atomic E-state index is 13.2. The van der Waals surface area contributed by atoms with E-state index in [2.05, 4.69) is 67.7 Å². The minimum absolute atomic E-state index is 0.0142. The zero-order valence-electron chi connectivity index (χ0n) is 20.8. The summed E-state index contributed by atoms with van der Waals surface area (Å²) in [5.41, 5.74) is 1.03. The van der Waals surface area contributed by atoms with E-state index in [1.165, 1.54) is 0 Å². The van der Waals surface area contributed by atoms with Gasteiger partial charge in [0.05, 0.1) is 18.1 Å². The summed E-state index contributed by atoms with van der Waals surface area (Å²) in [6.45, 7) is 26.5. The van der Waals surface area contributed by atoms with Crippen LogP contribution in [0.3, 0.4) is 0 Å². The zero-order chi connectivity index (χ0) is 22.6. The molecule has 5 atom stereocenters. The fourth-order valence-electron chi connectivity index (χ4n) is 3.45. The molecule has 1 aliphatic heterocycles. The third-order valence-corrected chi connectivity index (χ3v) is 16.4. The molecule has 0 aromatic heterocycles. The number of carbonyl (C=O) groups excluding carboxylic acids is 1. The number of epoxide rings is 1. The van der Waals surface area contributed by atoms with E-state index in [1.807, 2.05) is 13.8 Å². The van der Waals surface area contributed by atoms with Gasteiger partial charge in [0.2, 0.25) is 0 Å². The predicted molar refractivity (Wildman–Crippen MR) is 125 cm³/mol. The first kappa shape index (κ1) is 25.0. The van der Waals surface area contributed by atoms with Crippen molar-refractivity contribution in [2.24, 2.45) is 5.92 Å². The fraction of sp³-hybridized carbons (Fsp3) is 0.870. The molecular weight excluding hydrogens is 396 g/mol. The second-order valence-electron chi connectivity index (χ2n) is 12.3. The van der Waals surface area contributed by atoms with Crippen LogP contribution in [0.5, 0.6) is 0 Å². The molecule has 2 aliphatic rings. The average molecular weight is 441 g/mol. The maximum atomic E-state index is 13.2. The first-order valence-corrected chi connectivity index (χ1v) is 16.9. The number of allylic oxidation sites excluding steroid dienone is 2. The van der Waals surface area contributed by atoms with Gasteiger partial charge in [0.15, 0.2) is 22.4 Å². The highest BCUT2D eigenvalue weighted by Crippen LogP contribution is 2.49. The van der Waals surface area contributed by atoms with Crippen LogP contribution in [0.2, 0.25) is 36.3 Å². The van der Waals surface area contributed by atoms with E-state index >= 15 is 0 Å². The maximum Gasteiger partial charge on any atom is 0.192 e. The van der Waals surface area contributed by atoms with Gasteiger partial charge in [-0.25, -0.2) is 0 Å². The number of ether oxygens (including phenoxy) is 1. The van der Waals surface area contributed by atoms with Gasteiger partial charge in [0, 0.05) is 0 Å². The number of hydrogen-bond donors (Lipinski definition) is 0. The Labute approximate surface area is 181 Å². The molecule has 2 rings (SSSR count). The summed E-state index contributed by atoms with van der Waals surface area (Å²) in [7, 11) is -3.96. The highest BCUT2D eigenvalue weighted by Gasteiger charge is 2.61. The second-order valence-corrected chi connectivity index (χ2v) is 21.8. The van der Waals surface area contributed by atoms with Crippen LogP contribution in [0.1, 0.15) is 61.8 Å². The van der Waals surface area contributed by atoms with Crippen LogP contribution in [-0.4, -0.2) is 46.8 Å². The van der Waals surface area contributed by atoms with E-state index in [4.69, 9.17) is 13.6 Å². The highest BCUT2D eigenvalue weighted by atomic mass is 28.4. The highest BCUT2D eigenvalue weighted by molar-refractivity contribution is 6.74. The Kier molecular flexibility index (Phi) is 6.90. The zero-order valence-corrected chi connectivity index (χ0v) is 22.8. The number of fused-ring (bicyclic) bond motifs is 1. The molecule has 1 aliphatic carbocycles. The van der Waals surface area contributed by atoms with Gasteiger partial charge in [-0.1, -0.05) is 47.1 Å². The van der Waals surface area contributed by atoms with Gasteiger partial charge in [-0.05, 0) is 62.6 Å². The van der Waals surface area contributed by atoms with Crippen molar-refractivity contribution >= 4 is 22.4 Å². The van der Waals surface area contributed by atoms with Crippen molar-refractivity contribution in [2.75, 3.05) is 0 Å². The summed E-state index contributed by atoms with van der Waals surface area (Å²) in [6, 6.07) is 0. The average Bonchev–Trinajstić information content (AvgIpc) is 3.26. The molecule has 6 heteroatoms. The number of rotatable bonds is 6. The summed E-state index contributed by atoms with van der Waals surface area (Å²) in [4.78, 5) is 13.2. The number of carbonyl (C=O) groups is 1. The van der Waals surface area contributed by atoms with Crippen LogP contribution in [0.25, 0.3) is 0 Å². The number of hydrogen-bond acceptors (Lipinski definition) is 4. The Morgan fingerprint density at radius 1 is 0.897 bits per heavy atom. The fourth-order valence-corrected chi connectivity index (χ4v) is 6.13. The van der Waals surface area contributed by atoms with Crippen LogP contribution < -0.4 is 0 Å². The first-order chi connectivity index (χ1) is 12.9. The normalized spacial score (nSPS) is 30.6. The molecule has 0 aromatic carbocycles. The van der Waals surface area contributed by atoms with E-state index in [0.717, 1.165) is 5.57 Å². The Balaban J connectivity index is 2.29. The largest absolute Gasteiger partial charge is 0.411 e. The molecule has 0 N–H and O–H groups in total. The molecule has 1 saturated carbocycles. The molecule has 1 heterocycles. The Bertz CT molecular complexity index is 651. The molecular formula is C23H44O4Si2. The minimum Gasteiger partial charge on any atom is -0.411 e. The summed E-state index contributed by atoms with van der Waals surface area (Å²) < 4.78 is 19.6. The van der Waals surface area contributed by atoms with Crippen LogP contribution >= 0.6 is 0 Å². The third kappa shape index (κ3) is 5.51. The SMILES string of the molecule is CC(C)=CC(=O)[C@@H]1C[C@H](O[Si](C)(C)C(C)(C)C)[C@@H]2O[C@@H]2[C@H]1O[Si](C)(C)C(C)(C)C. The quantitative estimate of drug-likeness (QED) is 0.285. The molecule has 1 saturated heterocycles. The summed E-state index contributed by atoms with van der Waals surface area (Å²) in [5, 5.41) is 0.223. The van der Waals surface area contributed by atoms with Gasteiger partial charge in [-0.15, -0.1) is 0 Å². The smallest absolute Gasteiger partial charge is 0.192 e. The summed E-state index contributed by atoms with van der Waals surface area (Å²) in [5.74, 6) is -0.0379. The van der Waals surface area contributed by atoms with Crippen molar-refractivity contribution < 1.29 is 18.4 Å². The van der Waals surface area contributed by atoms with E-state index in [0.29, 0.717) is 6.42 Å². The second kappa shape index (κ2) is 8.01. The first-order valence-electron chi connectivity index (χ1n) is 11.1. The van der Waals surface area contributed by atoms with E-state index in [-0.39, 0.29) is 46.2 Å². The van der Waals surface area contributed by atoms with Gasteiger partial charge < -0.3 is 13.6 Å². The summed E-state index contributed by atoms with van der Waals surface area (Å²) >= 11 is 0. The minimum atomic E-state index is -2.02. The molecule has 0 aromatic rings. The molecule has 0 unspecified atom stereocenters. The molecule has 2 fully saturated rings. The number of ketones is 1. The molecule has 0 bridgehead atoms. The standard InChI is InChI=1S/C23H44O4Si2/c1-15(2)13-17(24)16-14-18(26-28(9,10)22(3,4)5)20-21(25-20)19(16)27-29(11,12)23(6,7)8/h13,16,18-21H,14H2,1-12H3/t16-,18-,19-,20-,21+/m0/s1. The van der Waals surface area contributed by atoms with E-state index in [9.17, 15) is 4.79 Å². The van der Waals surface area contributed by atoms with Crippen molar-refractivity contribution in [1.29, 1.82) is 0 Å². The molecule has 0 radical (unpaired) electrons. The molecule has 0 spiro atoms. The topological polar surface area (TPSA) is 48.1 Å². The Morgan fingerprint density at radius 3 is 1.83 bits per heavy atom.